The minimum atomic E-state index is -1.52. The van der Waals surface area contributed by atoms with Crippen molar-refractivity contribution < 1.29 is 43.1 Å². The molecule has 0 aromatic heterocycles. The third kappa shape index (κ3) is 4.23. The summed E-state index contributed by atoms with van der Waals surface area (Å²) in [6.07, 6.45) is -3.59. The van der Waals surface area contributed by atoms with E-state index in [4.69, 9.17) is 14.2 Å². The van der Waals surface area contributed by atoms with Crippen molar-refractivity contribution in [3.8, 4) is 5.75 Å². The van der Waals surface area contributed by atoms with E-state index in [-0.39, 0.29) is 30.3 Å². The Labute approximate surface area is 171 Å². The minimum absolute atomic E-state index is 0.00147. The second-order valence-corrected chi connectivity index (χ2v) is 7.06. The summed E-state index contributed by atoms with van der Waals surface area (Å²) >= 11 is 0. The van der Waals surface area contributed by atoms with Gasteiger partial charge in [-0.15, -0.1) is 0 Å². The molecule has 8 nitrogen and oxygen atoms in total. The Hall–Kier alpha value is -2.37. The van der Waals surface area contributed by atoms with Crippen molar-refractivity contribution in [1.82, 2.24) is 5.32 Å². The maximum atomic E-state index is 14.3. The van der Waals surface area contributed by atoms with Crippen LogP contribution >= 0.6 is 0 Å². The summed E-state index contributed by atoms with van der Waals surface area (Å²) in [6.45, 7) is 4.62. The first-order valence-electron chi connectivity index (χ1n) is 9.24. The Morgan fingerprint density at radius 3 is 2.53 bits per heavy atom. The van der Waals surface area contributed by atoms with Crippen molar-refractivity contribution in [2.75, 3.05) is 13.4 Å². The Morgan fingerprint density at radius 2 is 1.87 bits per heavy atom. The van der Waals surface area contributed by atoms with Gasteiger partial charge in [-0.2, -0.15) is 4.39 Å². The molecule has 164 valence electrons. The molecule has 0 bridgehead atoms. The number of carbonyl (C=O) groups excluding carboxylic acids is 1. The lowest BCUT2D eigenvalue weighted by atomic mass is 9.83. The molecule has 3 rings (SSSR count). The Bertz CT molecular complexity index is 847. The second kappa shape index (κ2) is 9.19. The van der Waals surface area contributed by atoms with Crippen LogP contribution in [0.25, 0.3) is 6.08 Å². The van der Waals surface area contributed by atoms with Gasteiger partial charge in [0.15, 0.2) is 11.6 Å². The molecule has 1 saturated heterocycles. The van der Waals surface area contributed by atoms with Crippen LogP contribution < -0.4 is 10.1 Å². The molecule has 4 N–H and O–H groups in total. The quantitative estimate of drug-likeness (QED) is 0.380. The maximum absolute atomic E-state index is 14.3. The van der Waals surface area contributed by atoms with Crippen molar-refractivity contribution in [1.29, 1.82) is 0 Å². The van der Waals surface area contributed by atoms with Gasteiger partial charge in [0.1, 0.15) is 43.9 Å². The highest BCUT2D eigenvalue weighted by Crippen LogP contribution is 2.30. The number of carbonyl (C=O) groups is 1. The van der Waals surface area contributed by atoms with Gasteiger partial charge in [0.2, 0.25) is 11.7 Å². The van der Waals surface area contributed by atoms with Gasteiger partial charge in [0, 0.05) is 11.1 Å². The molecule has 1 saturated carbocycles. The van der Waals surface area contributed by atoms with Gasteiger partial charge >= 0.3 is 0 Å². The van der Waals surface area contributed by atoms with E-state index in [9.17, 15) is 28.9 Å². The summed E-state index contributed by atoms with van der Waals surface area (Å²) in [7, 11) is 0. The maximum Gasteiger partial charge on any atom is 0.247 e. The van der Waals surface area contributed by atoms with Gasteiger partial charge in [-0.3, -0.25) is 4.79 Å². The number of aliphatic hydroxyl groups excluding tert-OH is 3. The van der Waals surface area contributed by atoms with Crippen molar-refractivity contribution in [2.24, 2.45) is 0 Å². The number of halogens is 2. The zero-order chi connectivity index (χ0) is 22.0. The molecule has 1 heterocycles. The van der Waals surface area contributed by atoms with Gasteiger partial charge in [-0.1, -0.05) is 12.7 Å². The molecule has 6 atom stereocenters. The van der Waals surface area contributed by atoms with E-state index in [1.54, 1.807) is 0 Å². The summed E-state index contributed by atoms with van der Waals surface area (Å²) in [5.41, 5.74) is -0.212. The highest BCUT2D eigenvalue weighted by Gasteiger charge is 2.53. The number of rotatable bonds is 6. The monoisotopic (exact) mass is 427 g/mol. The van der Waals surface area contributed by atoms with Crippen LogP contribution in [-0.2, 0) is 14.3 Å². The predicted octanol–water partition coefficient (Wildman–Crippen LogP) is 0.256. The number of fused-ring (bicyclic) bond motifs is 1. The summed E-state index contributed by atoms with van der Waals surface area (Å²) in [4.78, 5) is 12.5. The van der Waals surface area contributed by atoms with Gasteiger partial charge in [0.05, 0.1) is 6.04 Å². The van der Waals surface area contributed by atoms with Crippen molar-refractivity contribution >= 4 is 12.0 Å². The van der Waals surface area contributed by atoms with E-state index < -0.39 is 54.1 Å². The van der Waals surface area contributed by atoms with E-state index >= 15 is 0 Å². The average molecular weight is 427 g/mol. The second-order valence-electron chi connectivity index (χ2n) is 7.06. The Morgan fingerprint density at radius 1 is 1.20 bits per heavy atom. The molecule has 0 radical (unpaired) electrons. The number of benzene rings is 1. The van der Waals surface area contributed by atoms with Crippen LogP contribution in [0.4, 0.5) is 8.78 Å². The lowest BCUT2D eigenvalue weighted by Gasteiger charge is -2.41. The molecule has 1 aliphatic heterocycles. The van der Waals surface area contributed by atoms with Crippen molar-refractivity contribution in [3.63, 3.8) is 0 Å². The van der Waals surface area contributed by atoms with Gasteiger partial charge in [0.25, 0.3) is 0 Å². The van der Waals surface area contributed by atoms with E-state index in [1.165, 1.54) is 25.1 Å². The van der Waals surface area contributed by atoms with Crippen molar-refractivity contribution in [2.45, 2.75) is 43.5 Å². The highest BCUT2D eigenvalue weighted by molar-refractivity contribution is 5.97. The fourth-order valence-corrected chi connectivity index (χ4v) is 3.44. The topological polar surface area (TPSA) is 117 Å². The number of hydrogen-bond acceptors (Lipinski definition) is 7. The molecule has 10 heteroatoms. The third-order valence-corrected chi connectivity index (χ3v) is 5.07. The molecule has 30 heavy (non-hydrogen) atoms. The third-order valence-electron chi connectivity index (χ3n) is 5.07. The number of amides is 1. The molecule has 1 aromatic rings. The summed E-state index contributed by atoms with van der Waals surface area (Å²) < 4.78 is 43.7. The van der Waals surface area contributed by atoms with Crippen molar-refractivity contribution in [3.05, 3.63) is 47.6 Å². The van der Waals surface area contributed by atoms with E-state index in [1.807, 2.05) is 0 Å². The lowest BCUT2D eigenvalue weighted by molar-refractivity contribution is -0.155. The highest BCUT2D eigenvalue weighted by atomic mass is 19.2. The van der Waals surface area contributed by atoms with E-state index in [0.29, 0.717) is 0 Å². The van der Waals surface area contributed by atoms with Crippen LogP contribution in [0.1, 0.15) is 12.5 Å². The first kappa shape index (κ1) is 22.3. The first-order valence-corrected chi connectivity index (χ1v) is 9.24. The molecule has 0 spiro atoms. The molecule has 2 aliphatic rings. The minimum Gasteiger partial charge on any atom is -0.486 e. The Kier molecular flexibility index (Phi) is 6.84. The molecule has 1 amide bonds. The summed E-state index contributed by atoms with van der Waals surface area (Å²) in [5.74, 6) is -3.45. The normalized spacial score (nSPS) is 31.2. The molecule has 0 unspecified atom stereocenters. The first-order chi connectivity index (χ1) is 14.3. The van der Waals surface area contributed by atoms with Gasteiger partial charge in [-0.05, 0) is 25.1 Å². The van der Waals surface area contributed by atoms with E-state index in [2.05, 4.69) is 11.9 Å². The fraction of sp³-hybridized carbons (Fsp3) is 0.450. The average Bonchev–Trinajstić information content (AvgIpc) is 3.22. The number of hydrogen-bond donors (Lipinski definition) is 4. The van der Waals surface area contributed by atoms with Crippen LogP contribution in [0.3, 0.4) is 0 Å². The fourth-order valence-electron chi connectivity index (χ4n) is 3.44. The predicted molar refractivity (Wildman–Crippen MR) is 100 cm³/mol. The smallest absolute Gasteiger partial charge is 0.247 e. The van der Waals surface area contributed by atoms with Gasteiger partial charge in [-0.25, -0.2) is 4.39 Å². The molecule has 1 aliphatic carbocycles. The SMILES string of the molecule is C=CCOc1ccc(/C=C(\C)C(=O)N[C@@H]2[C@H](O)[C@@H](O)[C@H]3OCO[C@H]3[C@@H]2O)c(F)c1F. The zero-order valence-corrected chi connectivity index (χ0v) is 16.1. The van der Waals surface area contributed by atoms with Crippen LogP contribution in [-0.4, -0.2) is 71.2 Å². The van der Waals surface area contributed by atoms with Crippen LogP contribution in [0, 0.1) is 11.6 Å². The van der Waals surface area contributed by atoms with Crippen LogP contribution in [0.2, 0.25) is 0 Å². The summed E-state index contributed by atoms with van der Waals surface area (Å²) in [5, 5.41) is 33.2. The number of nitrogens with one attached hydrogen (secondary N) is 1. The zero-order valence-electron chi connectivity index (χ0n) is 16.1. The lowest BCUT2D eigenvalue weighted by Crippen LogP contribution is -2.67. The summed E-state index contributed by atoms with van der Waals surface area (Å²) in [6, 6.07) is 1.22. The van der Waals surface area contributed by atoms with Crippen LogP contribution in [0.15, 0.2) is 30.4 Å². The molecular formula is C20H23F2NO7. The van der Waals surface area contributed by atoms with Gasteiger partial charge < -0.3 is 34.8 Å². The molecular weight excluding hydrogens is 404 g/mol. The molecule has 2 fully saturated rings. The Balaban J connectivity index is 1.74. The number of aliphatic hydroxyl groups is 3. The standard InChI is InChI=1S/C20H23F2NO7/c1-3-6-28-11-5-4-10(12(21)13(11)22)7-9(2)20(27)23-14-15(24)17(26)19-18(16(14)25)29-8-30-19/h3-5,7,14-19,24-26H,1,6,8H2,2H3,(H,23,27)/b9-7+/t14-,15+,16-,17-,18+,19-/m1/s1. The largest absolute Gasteiger partial charge is 0.486 e. The number of ether oxygens (including phenoxy) is 3. The van der Waals surface area contributed by atoms with E-state index in [0.717, 1.165) is 6.08 Å². The van der Waals surface area contributed by atoms with Crippen LogP contribution in [0.5, 0.6) is 5.75 Å². The molecule has 1 aromatic carbocycles.